The lowest BCUT2D eigenvalue weighted by Crippen LogP contribution is -2.47. The van der Waals surface area contributed by atoms with E-state index in [1.807, 2.05) is 0 Å². The molecule has 1 aromatic rings. The highest BCUT2D eigenvalue weighted by molar-refractivity contribution is 5.12. The Morgan fingerprint density at radius 1 is 1.16 bits per heavy atom. The summed E-state index contributed by atoms with van der Waals surface area (Å²) in [6.45, 7) is 1.20. The van der Waals surface area contributed by atoms with Crippen molar-refractivity contribution in [3.05, 3.63) is 17.5 Å². The van der Waals surface area contributed by atoms with Gasteiger partial charge in [-0.05, 0) is 13.0 Å². The zero-order valence-corrected chi connectivity index (χ0v) is 9.51. The van der Waals surface area contributed by atoms with Crippen molar-refractivity contribution in [3.63, 3.8) is 0 Å². The van der Waals surface area contributed by atoms with Crippen LogP contribution in [0.5, 0.6) is 6.01 Å². The molecule has 0 bridgehead atoms. The lowest BCUT2D eigenvalue weighted by Gasteiger charge is -2.22. The van der Waals surface area contributed by atoms with Gasteiger partial charge >= 0.3 is 18.4 Å². The molecule has 1 aromatic heterocycles. The van der Waals surface area contributed by atoms with Crippen molar-refractivity contribution in [2.24, 2.45) is 5.73 Å². The molecule has 19 heavy (non-hydrogen) atoms. The Kier molecular flexibility index (Phi) is 4.23. The molecule has 0 aliphatic carbocycles. The van der Waals surface area contributed by atoms with Crippen LogP contribution in [-0.2, 0) is 6.54 Å². The lowest BCUT2D eigenvalue weighted by atomic mass is 10.3. The van der Waals surface area contributed by atoms with Crippen LogP contribution < -0.4 is 10.5 Å². The van der Waals surface area contributed by atoms with Crippen LogP contribution in [0, 0.1) is 6.92 Å². The van der Waals surface area contributed by atoms with Crippen LogP contribution in [0.15, 0.2) is 6.07 Å². The average Bonchev–Trinajstić information content (AvgIpc) is 2.22. The maximum Gasteiger partial charge on any atom is 0.434 e. The summed E-state index contributed by atoms with van der Waals surface area (Å²) in [5.74, 6) is 0. The summed E-state index contributed by atoms with van der Waals surface area (Å²) in [5, 5.41) is 0. The Morgan fingerprint density at radius 2 is 1.68 bits per heavy atom. The normalized spacial score (nSPS) is 12.9. The van der Waals surface area contributed by atoms with Crippen molar-refractivity contribution < 1.29 is 31.1 Å². The van der Waals surface area contributed by atoms with E-state index in [4.69, 9.17) is 5.73 Å². The first kappa shape index (κ1) is 15.5. The van der Waals surface area contributed by atoms with Gasteiger partial charge in [-0.3, -0.25) is 0 Å². The Balaban J connectivity index is 3.07. The van der Waals surface area contributed by atoms with E-state index in [2.05, 4.69) is 14.7 Å². The fourth-order valence-corrected chi connectivity index (χ4v) is 1.19. The molecule has 0 aromatic carbocycles. The molecule has 0 fully saturated rings. The Labute approximate surface area is 103 Å². The van der Waals surface area contributed by atoms with Gasteiger partial charge in [0, 0.05) is 12.2 Å². The predicted octanol–water partition coefficient (Wildman–Crippen LogP) is 2.12. The Morgan fingerprint density at radius 3 is 2.11 bits per heavy atom. The smallest absolute Gasteiger partial charge is 0.434 e. The summed E-state index contributed by atoms with van der Waals surface area (Å²) in [4.78, 5) is 6.72. The molecule has 108 valence electrons. The summed E-state index contributed by atoms with van der Waals surface area (Å²) in [6, 6.07) is 0.309. The molecule has 0 saturated carbocycles. The van der Waals surface area contributed by atoms with E-state index in [1.165, 1.54) is 13.0 Å². The highest BCUT2D eigenvalue weighted by atomic mass is 19.4. The minimum atomic E-state index is -5.62. The minimum Gasteiger partial charge on any atom is -0.441 e. The maximum absolute atomic E-state index is 12.3. The van der Waals surface area contributed by atoms with Crippen molar-refractivity contribution in [1.29, 1.82) is 0 Å². The van der Waals surface area contributed by atoms with Crippen molar-refractivity contribution in [2.75, 3.05) is 0 Å². The Bertz CT molecular complexity index is 431. The molecule has 2 N–H and O–H groups in total. The molecule has 10 heteroatoms. The molecular formula is C9H9F6N3O. The number of aryl methyl sites for hydroxylation is 1. The van der Waals surface area contributed by atoms with Gasteiger partial charge in [-0.2, -0.15) is 31.3 Å². The van der Waals surface area contributed by atoms with Gasteiger partial charge in [-0.15, -0.1) is 0 Å². The second kappa shape index (κ2) is 5.19. The number of alkyl halides is 6. The molecule has 4 nitrogen and oxygen atoms in total. The summed E-state index contributed by atoms with van der Waals surface area (Å²) in [7, 11) is 0. The third kappa shape index (κ3) is 4.23. The fraction of sp³-hybridized carbons (Fsp3) is 0.556. The van der Waals surface area contributed by atoms with Gasteiger partial charge < -0.3 is 10.5 Å². The van der Waals surface area contributed by atoms with Crippen LogP contribution >= 0.6 is 0 Å². The van der Waals surface area contributed by atoms with Gasteiger partial charge in [0.15, 0.2) is 0 Å². The molecule has 1 rings (SSSR count). The van der Waals surface area contributed by atoms with Gasteiger partial charge in [0.05, 0.1) is 5.69 Å². The number of hydrogen-bond acceptors (Lipinski definition) is 4. The molecule has 0 aliphatic rings. The van der Waals surface area contributed by atoms with Crippen molar-refractivity contribution in [3.8, 4) is 6.01 Å². The van der Waals surface area contributed by atoms with Crippen molar-refractivity contribution in [1.82, 2.24) is 9.97 Å². The SMILES string of the molecule is Cc1cc(CN)nc(OC(C(F)(F)F)C(F)(F)F)n1. The predicted molar refractivity (Wildman–Crippen MR) is 51.2 cm³/mol. The Hall–Kier alpha value is -1.58. The number of nitrogens with two attached hydrogens (primary N) is 1. The van der Waals surface area contributed by atoms with Crippen molar-refractivity contribution in [2.45, 2.75) is 31.9 Å². The van der Waals surface area contributed by atoms with Crippen LogP contribution in [-0.4, -0.2) is 28.4 Å². The molecule has 0 unspecified atom stereocenters. The average molecular weight is 289 g/mol. The van der Waals surface area contributed by atoms with Crippen LogP contribution in [0.2, 0.25) is 0 Å². The first-order valence-corrected chi connectivity index (χ1v) is 4.88. The monoisotopic (exact) mass is 289 g/mol. The molecule has 0 amide bonds. The zero-order valence-electron chi connectivity index (χ0n) is 9.51. The van der Waals surface area contributed by atoms with Gasteiger partial charge in [0.2, 0.25) is 0 Å². The summed E-state index contributed by atoms with van der Waals surface area (Å²) in [6.07, 6.45) is -15.2. The third-order valence-electron chi connectivity index (χ3n) is 1.91. The molecule has 0 atom stereocenters. The topological polar surface area (TPSA) is 61.0 Å². The largest absolute Gasteiger partial charge is 0.441 e. The summed E-state index contributed by atoms with van der Waals surface area (Å²) in [5.41, 5.74) is 5.42. The minimum absolute atomic E-state index is 0.0746. The van der Waals surface area contributed by atoms with Crippen LogP contribution in [0.4, 0.5) is 26.3 Å². The van der Waals surface area contributed by atoms with E-state index >= 15 is 0 Å². The van der Waals surface area contributed by atoms with Gasteiger partial charge in [-0.25, -0.2) is 4.98 Å². The van der Waals surface area contributed by atoms with Crippen LogP contribution in [0.1, 0.15) is 11.4 Å². The molecule has 1 heterocycles. The van der Waals surface area contributed by atoms with E-state index in [0.717, 1.165) is 0 Å². The first-order valence-electron chi connectivity index (χ1n) is 4.88. The number of ether oxygens (including phenoxy) is 1. The molecule has 0 radical (unpaired) electrons. The van der Waals surface area contributed by atoms with E-state index in [9.17, 15) is 26.3 Å². The van der Waals surface area contributed by atoms with E-state index in [0.29, 0.717) is 0 Å². The highest BCUT2D eigenvalue weighted by Gasteiger charge is 2.59. The number of halogens is 6. The first-order chi connectivity index (χ1) is 8.54. The van der Waals surface area contributed by atoms with Crippen LogP contribution in [0.3, 0.4) is 0 Å². The van der Waals surface area contributed by atoms with E-state index in [1.54, 1.807) is 0 Å². The summed E-state index contributed by atoms with van der Waals surface area (Å²) >= 11 is 0. The summed E-state index contributed by atoms with van der Waals surface area (Å²) < 4.78 is 77.4. The molecule has 0 saturated heterocycles. The second-order valence-electron chi connectivity index (χ2n) is 3.57. The maximum atomic E-state index is 12.3. The van der Waals surface area contributed by atoms with Crippen LogP contribution in [0.25, 0.3) is 0 Å². The van der Waals surface area contributed by atoms with E-state index in [-0.39, 0.29) is 17.9 Å². The number of hydrogen-bond donors (Lipinski definition) is 1. The number of aromatic nitrogens is 2. The van der Waals surface area contributed by atoms with Gasteiger partial charge in [0.1, 0.15) is 0 Å². The standard InChI is InChI=1S/C9H9F6N3O/c1-4-2-5(3-16)18-7(17-4)19-6(8(10,11)12)9(13,14)15/h2,6H,3,16H2,1H3. The lowest BCUT2D eigenvalue weighted by molar-refractivity contribution is -0.301. The third-order valence-corrected chi connectivity index (χ3v) is 1.91. The fourth-order valence-electron chi connectivity index (χ4n) is 1.19. The number of rotatable bonds is 3. The van der Waals surface area contributed by atoms with Gasteiger partial charge in [-0.1, -0.05) is 0 Å². The molecule has 0 aliphatic heterocycles. The second-order valence-corrected chi connectivity index (χ2v) is 3.57. The zero-order chi connectivity index (χ0) is 14.8. The van der Waals surface area contributed by atoms with Crippen molar-refractivity contribution >= 4 is 0 Å². The molecule has 0 spiro atoms. The van der Waals surface area contributed by atoms with E-state index < -0.39 is 24.5 Å². The quantitative estimate of drug-likeness (QED) is 0.866. The number of nitrogens with zero attached hydrogens (tertiary/aromatic N) is 2. The highest BCUT2D eigenvalue weighted by Crippen LogP contribution is 2.35. The molecular weight excluding hydrogens is 280 g/mol. The van der Waals surface area contributed by atoms with Gasteiger partial charge in [0.25, 0.3) is 6.10 Å².